The van der Waals surface area contributed by atoms with E-state index in [9.17, 15) is 14.4 Å². The van der Waals surface area contributed by atoms with Crippen LogP contribution in [-0.4, -0.2) is 34.2 Å². The molecule has 10 heteroatoms. The van der Waals surface area contributed by atoms with Crippen LogP contribution in [0, 0.1) is 0 Å². The van der Waals surface area contributed by atoms with Crippen LogP contribution in [0.1, 0.15) is 63.8 Å². The minimum Gasteiger partial charge on any atom is -0.462 e. The van der Waals surface area contributed by atoms with Crippen molar-refractivity contribution in [2.24, 2.45) is 0 Å². The third-order valence-electron chi connectivity index (χ3n) is 6.05. The topological polar surface area (TPSA) is 101 Å². The third kappa shape index (κ3) is 4.48. The molecule has 0 aromatic carbocycles. The quantitative estimate of drug-likeness (QED) is 0.287. The standard InChI is InChI=1S/C23H25N3O4S3/c1-2-30-22(29)18-13-8-4-6-10-15(13)33-21(18)24-16(27)11-31-23-25-19(28)17-12-7-3-5-9-14(12)32-20(17)26-23/h2-11H2,1H3,(H,24,27)(H,25,26,28). The summed E-state index contributed by atoms with van der Waals surface area (Å²) in [5.74, 6) is -0.528. The molecule has 0 atom stereocenters. The Morgan fingerprint density at radius 2 is 1.76 bits per heavy atom. The molecule has 2 N–H and O–H groups in total. The summed E-state index contributed by atoms with van der Waals surface area (Å²) in [5.41, 5.74) is 2.55. The van der Waals surface area contributed by atoms with Gasteiger partial charge < -0.3 is 15.0 Å². The molecule has 174 valence electrons. The first kappa shape index (κ1) is 22.6. The Bertz CT molecular complexity index is 1290. The molecule has 5 rings (SSSR count). The Morgan fingerprint density at radius 3 is 2.52 bits per heavy atom. The van der Waals surface area contributed by atoms with Crippen molar-refractivity contribution in [2.75, 3.05) is 17.7 Å². The number of aromatic nitrogens is 2. The lowest BCUT2D eigenvalue weighted by molar-refractivity contribution is -0.113. The molecule has 3 aromatic rings. The number of H-pyrrole nitrogens is 1. The number of nitrogens with one attached hydrogen (secondary N) is 2. The van der Waals surface area contributed by atoms with Crippen LogP contribution in [0.25, 0.3) is 10.2 Å². The number of nitrogens with zero attached hydrogens (tertiary/aromatic N) is 1. The van der Waals surface area contributed by atoms with E-state index in [0.717, 1.165) is 72.2 Å². The van der Waals surface area contributed by atoms with E-state index < -0.39 is 0 Å². The molecule has 0 bridgehead atoms. The summed E-state index contributed by atoms with van der Waals surface area (Å²) < 4.78 is 5.26. The first-order chi connectivity index (χ1) is 16.0. The van der Waals surface area contributed by atoms with Gasteiger partial charge in [-0.05, 0) is 69.4 Å². The van der Waals surface area contributed by atoms with Crippen LogP contribution >= 0.6 is 34.4 Å². The predicted octanol–water partition coefficient (Wildman–Crippen LogP) is 4.71. The monoisotopic (exact) mass is 503 g/mol. The molecular formula is C23H25N3O4S3. The summed E-state index contributed by atoms with van der Waals surface area (Å²) in [6.45, 7) is 2.07. The Balaban J connectivity index is 1.32. The van der Waals surface area contributed by atoms with Gasteiger partial charge >= 0.3 is 5.97 Å². The minimum absolute atomic E-state index is 0.0877. The number of hydrogen-bond acceptors (Lipinski definition) is 8. The zero-order chi connectivity index (χ0) is 22.9. The number of carbonyl (C=O) groups excluding carboxylic acids is 2. The van der Waals surface area contributed by atoms with Crippen molar-refractivity contribution in [1.29, 1.82) is 0 Å². The number of aromatic amines is 1. The number of thiophene rings is 2. The van der Waals surface area contributed by atoms with Crippen LogP contribution in [-0.2, 0) is 35.2 Å². The lowest BCUT2D eigenvalue weighted by Crippen LogP contribution is -2.18. The van der Waals surface area contributed by atoms with Crippen molar-refractivity contribution < 1.29 is 14.3 Å². The number of thioether (sulfide) groups is 1. The Hall–Kier alpha value is -2.17. The highest BCUT2D eigenvalue weighted by Crippen LogP contribution is 2.39. The van der Waals surface area contributed by atoms with E-state index in [1.807, 2.05) is 0 Å². The lowest BCUT2D eigenvalue weighted by Gasteiger charge is -2.12. The fourth-order valence-corrected chi connectivity index (χ4v) is 7.86. The molecule has 0 radical (unpaired) electrons. The zero-order valence-electron chi connectivity index (χ0n) is 18.4. The Labute approximate surface area is 203 Å². The van der Waals surface area contributed by atoms with E-state index in [0.29, 0.717) is 27.7 Å². The smallest absolute Gasteiger partial charge is 0.341 e. The fraction of sp³-hybridized carbons (Fsp3) is 0.478. The summed E-state index contributed by atoms with van der Waals surface area (Å²) in [4.78, 5) is 48.7. The van der Waals surface area contributed by atoms with E-state index in [-0.39, 0.29) is 23.2 Å². The number of hydrogen-bond donors (Lipinski definition) is 2. The van der Waals surface area contributed by atoms with Gasteiger partial charge in [0.2, 0.25) is 5.91 Å². The molecule has 1 amide bonds. The second-order valence-electron chi connectivity index (χ2n) is 8.23. The highest BCUT2D eigenvalue weighted by atomic mass is 32.2. The van der Waals surface area contributed by atoms with E-state index in [1.165, 1.54) is 28.0 Å². The molecule has 2 aliphatic carbocycles. The maximum absolute atomic E-state index is 12.7. The third-order valence-corrected chi connectivity index (χ3v) is 9.31. The number of aryl methyl sites for hydroxylation is 3. The van der Waals surface area contributed by atoms with Gasteiger partial charge in [-0.25, -0.2) is 9.78 Å². The van der Waals surface area contributed by atoms with Crippen molar-refractivity contribution in [3.63, 3.8) is 0 Å². The van der Waals surface area contributed by atoms with Crippen molar-refractivity contribution in [3.05, 3.63) is 36.8 Å². The van der Waals surface area contributed by atoms with Gasteiger partial charge in [0.25, 0.3) is 5.56 Å². The average molecular weight is 504 g/mol. The molecule has 0 unspecified atom stereocenters. The number of carbonyl (C=O) groups is 2. The van der Waals surface area contributed by atoms with Crippen molar-refractivity contribution >= 4 is 61.5 Å². The molecule has 2 aliphatic rings. The first-order valence-electron chi connectivity index (χ1n) is 11.3. The van der Waals surface area contributed by atoms with Crippen LogP contribution in [0.15, 0.2) is 9.95 Å². The van der Waals surface area contributed by atoms with Crippen LogP contribution in [0.5, 0.6) is 0 Å². The molecule has 3 aromatic heterocycles. The fourth-order valence-electron chi connectivity index (χ4n) is 4.58. The largest absolute Gasteiger partial charge is 0.462 e. The Kier molecular flexibility index (Phi) is 6.58. The maximum atomic E-state index is 12.7. The molecular weight excluding hydrogens is 478 g/mol. The van der Waals surface area contributed by atoms with Gasteiger partial charge in [0, 0.05) is 9.75 Å². The number of rotatable bonds is 6. The number of amides is 1. The van der Waals surface area contributed by atoms with E-state index >= 15 is 0 Å². The number of fused-ring (bicyclic) bond motifs is 4. The van der Waals surface area contributed by atoms with Crippen LogP contribution in [0.3, 0.4) is 0 Å². The molecule has 7 nitrogen and oxygen atoms in total. The van der Waals surface area contributed by atoms with E-state index in [2.05, 4.69) is 15.3 Å². The van der Waals surface area contributed by atoms with Crippen LogP contribution < -0.4 is 10.9 Å². The summed E-state index contributed by atoms with van der Waals surface area (Å²) in [6, 6.07) is 0. The number of anilines is 1. The molecule has 0 saturated carbocycles. The summed E-state index contributed by atoms with van der Waals surface area (Å²) in [5, 5.41) is 4.63. The molecule has 0 spiro atoms. The maximum Gasteiger partial charge on any atom is 0.341 e. The highest BCUT2D eigenvalue weighted by Gasteiger charge is 2.27. The average Bonchev–Trinajstić information content (AvgIpc) is 3.35. The minimum atomic E-state index is -0.377. The highest BCUT2D eigenvalue weighted by molar-refractivity contribution is 7.99. The summed E-state index contributed by atoms with van der Waals surface area (Å²) >= 11 is 4.27. The van der Waals surface area contributed by atoms with E-state index in [1.54, 1.807) is 18.3 Å². The zero-order valence-corrected chi connectivity index (χ0v) is 20.8. The molecule has 0 aliphatic heterocycles. The van der Waals surface area contributed by atoms with Crippen molar-refractivity contribution in [3.8, 4) is 0 Å². The summed E-state index contributed by atoms with van der Waals surface area (Å²) in [6.07, 6.45) is 8.08. The summed E-state index contributed by atoms with van der Waals surface area (Å²) in [7, 11) is 0. The second-order valence-corrected chi connectivity index (χ2v) is 11.4. The number of ether oxygens (including phenoxy) is 1. The van der Waals surface area contributed by atoms with E-state index in [4.69, 9.17) is 4.74 Å². The van der Waals surface area contributed by atoms with Crippen LogP contribution in [0.4, 0.5) is 5.00 Å². The van der Waals surface area contributed by atoms with Crippen molar-refractivity contribution in [1.82, 2.24) is 9.97 Å². The number of esters is 1. The SMILES string of the molecule is CCOC(=O)c1c(NC(=O)CSc2nc3sc4c(c3c(=O)[nH]2)CCCC4)sc2c1CCCC2. The van der Waals surface area contributed by atoms with Gasteiger partial charge in [-0.1, -0.05) is 11.8 Å². The predicted molar refractivity (Wildman–Crippen MR) is 133 cm³/mol. The lowest BCUT2D eigenvalue weighted by atomic mass is 9.95. The van der Waals surface area contributed by atoms with Gasteiger partial charge in [-0.3, -0.25) is 9.59 Å². The Morgan fingerprint density at radius 1 is 1.06 bits per heavy atom. The second kappa shape index (κ2) is 9.60. The van der Waals surface area contributed by atoms with Gasteiger partial charge in [-0.15, -0.1) is 22.7 Å². The normalized spacial score (nSPS) is 15.2. The molecule has 33 heavy (non-hydrogen) atoms. The first-order valence-corrected chi connectivity index (χ1v) is 14.0. The van der Waals surface area contributed by atoms with Gasteiger partial charge in [-0.2, -0.15) is 0 Å². The molecule has 3 heterocycles. The van der Waals surface area contributed by atoms with Crippen molar-refractivity contribution in [2.45, 2.75) is 63.4 Å². The molecule has 0 saturated heterocycles. The molecule has 0 fully saturated rings. The van der Waals surface area contributed by atoms with Gasteiger partial charge in [0.05, 0.1) is 23.3 Å². The van der Waals surface area contributed by atoms with Gasteiger partial charge in [0.15, 0.2) is 5.16 Å². The van der Waals surface area contributed by atoms with Gasteiger partial charge in [0.1, 0.15) is 9.83 Å². The van der Waals surface area contributed by atoms with Crippen LogP contribution in [0.2, 0.25) is 0 Å².